The van der Waals surface area contributed by atoms with Crippen molar-refractivity contribution in [2.45, 2.75) is 38.8 Å². The van der Waals surface area contributed by atoms with Crippen LogP contribution in [0.5, 0.6) is 0 Å². The largest absolute Gasteiger partial charge is 0.381 e. The minimum absolute atomic E-state index is 0.0421. The molecule has 0 saturated carbocycles. The van der Waals surface area contributed by atoms with Crippen molar-refractivity contribution >= 4 is 5.91 Å². The van der Waals surface area contributed by atoms with Crippen LogP contribution in [0.2, 0.25) is 0 Å². The number of carbonyl (C=O) groups is 1. The molecular formula is C19H28N2O3. The topological polar surface area (TPSA) is 50.8 Å². The standard InChI is InChI=1S/C19H28N2O3/c1-15-3-4-16(14-21-7-2-9-23-12-8-21)13-18(15)19(22)20-17-5-10-24-11-6-17/h3-4,13,17H,2,5-12,14H2,1H3,(H,20,22). The molecule has 0 aromatic heterocycles. The second-order valence-corrected chi connectivity index (χ2v) is 6.75. The SMILES string of the molecule is Cc1ccc(CN2CCCOCC2)cc1C(=O)NC1CCOCC1. The molecule has 0 radical (unpaired) electrons. The quantitative estimate of drug-likeness (QED) is 0.918. The van der Waals surface area contributed by atoms with Gasteiger partial charge in [-0.15, -0.1) is 0 Å². The highest BCUT2D eigenvalue weighted by molar-refractivity contribution is 5.96. The molecule has 2 aliphatic rings. The Morgan fingerprint density at radius 1 is 1.17 bits per heavy atom. The number of amides is 1. The van der Waals surface area contributed by atoms with E-state index in [-0.39, 0.29) is 11.9 Å². The van der Waals surface area contributed by atoms with Crippen molar-refractivity contribution < 1.29 is 14.3 Å². The lowest BCUT2D eigenvalue weighted by Crippen LogP contribution is -2.39. The summed E-state index contributed by atoms with van der Waals surface area (Å²) in [6.07, 6.45) is 2.87. The summed E-state index contributed by atoms with van der Waals surface area (Å²) in [5.41, 5.74) is 3.02. The Kier molecular flexibility index (Phi) is 6.24. The Bertz CT molecular complexity index is 548. The van der Waals surface area contributed by atoms with Crippen molar-refractivity contribution in [1.29, 1.82) is 0 Å². The zero-order chi connectivity index (χ0) is 16.8. The molecule has 5 heteroatoms. The van der Waals surface area contributed by atoms with Gasteiger partial charge in [0.2, 0.25) is 0 Å². The maximum absolute atomic E-state index is 12.6. The number of benzene rings is 1. The second-order valence-electron chi connectivity index (χ2n) is 6.75. The average Bonchev–Trinajstić information content (AvgIpc) is 2.86. The average molecular weight is 332 g/mol. The van der Waals surface area contributed by atoms with E-state index in [4.69, 9.17) is 9.47 Å². The van der Waals surface area contributed by atoms with Crippen molar-refractivity contribution in [1.82, 2.24) is 10.2 Å². The van der Waals surface area contributed by atoms with Crippen molar-refractivity contribution in [3.05, 3.63) is 34.9 Å². The first-order valence-electron chi connectivity index (χ1n) is 9.00. The number of carbonyl (C=O) groups excluding carboxylic acids is 1. The van der Waals surface area contributed by atoms with Gasteiger partial charge in [-0.3, -0.25) is 9.69 Å². The fraction of sp³-hybridized carbons (Fsp3) is 0.632. The molecule has 132 valence electrons. The second kappa shape index (κ2) is 8.60. The van der Waals surface area contributed by atoms with Crippen LogP contribution in [0.15, 0.2) is 18.2 Å². The molecule has 0 bridgehead atoms. The van der Waals surface area contributed by atoms with Gasteiger partial charge in [-0.2, -0.15) is 0 Å². The minimum atomic E-state index is 0.0421. The first-order valence-corrected chi connectivity index (χ1v) is 9.00. The molecule has 0 unspecified atom stereocenters. The highest BCUT2D eigenvalue weighted by atomic mass is 16.5. The molecule has 2 aliphatic heterocycles. The van der Waals surface area contributed by atoms with E-state index in [0.717, 1.165) is 76.5 Å². The Morgan fingerprint density at radius 2 is 1.96 bits per heavy atom. The van der Waals surface area contributed by atoms with Crippen LogP contribution in [0.25, 0.3) is 0 Å². The van der Waals surface area contributed by atoms with Crippen LogP contribution in [-0.2, 0) is 16.0 Å². The molecule has 2 heterocycles. The predicted molar refractivity (Wildman–Crippen MR) is 93.2 cm³/mol. The van der Waals surface area contributed by atoms with Crippen LogP contribution in [0.4, 0.5) is 0 Å². The number of hydrogen-bond donors (Lipinski definition) is 1. The minimum Gasteiger partial charge on any atom is -0.381 e. The Hall–Kier alpha value is -1.43. The first-order chi connectivity index (χ1) is 11.7. The van der Waals surface area contributed by atoms with Gasteiger partial charge in [0, 0.05) is 51.1 Å². The zero-order valence-corrected chi connectivity index (χ0v) is 14.6. The molecular weight excluding hydrogens is 304 g/mol. The first kappa shape index (κ1) is 17.4. The summed E-state index contributed by atoms with van der Waals surface area (Å²) < 4.78 is 10.9. The van der Waals surface area contributed by atoms with Crippen LogP contribution >= 0.6 is 0 Å². The summed E-state index contributed by atoms with van der Waals surface area (Å²) in [5.74, 6) is 0.0421. The van der Waals surface area contributed by atoms with Gasteiger partial charge in [-0.1, -0.05) is 12.1 Å². The maximum atomic E-state index is 12.6. The third-order valence-electron chi connectivity index (χ3n) is 4.82. The number of nitrogens with one attached hydrogen (secondary N) is 1. The number of nitrogens with zero attached hydrogens (tertiary/aromatic N) is 1. The monoisotopic (exact) mass is 332 g/mol. The van der Waals surface area contributed by atoms with Crippen LogP contribution in [0.3, 0.4) is 0 Å². The van der Waals surface area contributed by atoms with Gasteiger partial charge in [-0.05, 0) is 43.4 Å². The van der Waals surface area contributed by atoms with Crippen LogP contribution < -0.4 is 5.32 Å². The number of ether oxygens (including phenoxy) is 2. The summed E-state index contributed by atoms with van der Waals surface area (Å²) in [4.78, 5) is 15.0. The summed E-state index contributed by atoms with van der Waals surface area (Å²) in [6, 6.07) is 6.47. The van der Waals surface area contributed by atoms with Gasteiger partial charge in [0.1, 0.15) is 0 Å². The highest BCUT2D eigenvalue weighted by Crippen LogP contribution is 2.15. The Labute approximate surface area is 144 Å². The summed E-state index contributed by atoms with van der Waals surface area (Å²) in [7, 11) is 0. The molecule has 2 fully saturated rings. The van der Waals surface area contributed by atoms with Crippen molar-refractivity contribution in [3.8, 4) is 0 Å². The third-order valence-corrected chi connectivity index (χ3v) is 4.82. The number of hydrogen-bond acceptors (Lipinski definition) is 4. The lowest BCUT2D eigenvalue weighted by molar-refractivity contribution is 0.0696. The van der Waals surface area contributed by atoms with E-state index in [2.05, 4.69) is 28.4 Å². The lowest BCUT2D eigenvalue weighted by atomic mass is 10.0. The maximum Gasteiger partial charge on any atom is 0.251 e. The zero-order valence-electron chi connectivity index (χ0n) is 14.6. The van der Waals surface area contributed by atoms with E-state index in [1.165, 1.54) is 5.56 Å². The molecule has 0 atom stereocenters. The van der Waals surface area contributed by atoms with Gasteiger partial charge in [0.25, 0.3) is 5.91 Å². The molecule has 3 rings (SSSR count). The summed E-state index contributed by atoms with van der Waals surface area (Å²) >= 11 is 0. The fourth-order valence-corrected chi connectivity index (χ4v) is 3.33. The molecule has 5 nitrogen and oxygen atoms in total. The van der Waals surface area contributed by atoms with Gasteiger partial charge in [0.05, 0.1) is 6.61 Å². The fourth-order valence-electron chi connectivity index (χ4n) is 3.33. The number of rotatable bonds is 4. The predicted octanol–water partition coefficient (Wildman–Crippen LogP) is 2.13. The van der Waals surface area contributed by atoms with Gasteiger partial charge >= 0.3 is 0 Å². The molecule has 1 amide bonds. The Morgan fingerprint density at radius 3 is 2.79 bits per heavy atom. The normalized spacial score (nSPS) is 20.5. The van der Waals surface area contributed by atoms with E-state index < -0.39 is 0 Å². The van der Waals surface area contributed by atoms with Crippen molar-refractivity contribution in [3.63, 3.8) is 0 Å². The van der Waals surface area contributed by atoms with E-state index in [1.807, 2.05) is 6.92 Å². The van der Waals surface area contributed by atoms with Gasteiger partial charge in [-0.25, -0.2) is 0 Å². The highest BCUT2D eigenvalue weighted by Gasteiger charge is 2.19. The van der Waals surface area contributed by atoms with E-state index in [0.29, 0.717) is 0 Å². The van der Waals surface area contributed by atoms with Crippen molar-refractivity contribution in [2.24, 2.45) is 0 Å². The smallest absolute Gasteiger partial charge is 0.251 e. The molecule has 1 aromatic rings. The van der Waals surface area contributed by atoms with Crippen molar-refractivity contribution in [2.75, 3.05) is 39.5 Å². The molecule has 0 aliphatic carbocycles. The molecule has 2 saturated heterocycles. The van der Waals surface area contributed by atoms with Gasteiger partial charge < -0.3 is 14.8 Å². The molecule has 1 aromatic carbocycles. The van der Waals surface area contributed by atoms with E-state index in [9.17, 15) is 4.79 Å². The van der Waals surface area contributed by atoms with E-state index >= 15 is 0 Å². The molecule has 0 spiro atoms. The Balaban J connectivity index is 1.64. The van der Waals surface area contributed by atoms with E-state index in [1.54, 1.807) is 0 Å². The van der Waals surface area contributed by atoms with Crippen LogP contribution in [-0.4, -0.2) is 56.4 Å². The van der Waals surface area contributed by atoms with Gasteiger partial charge in [0.15, 0.2) is 0 Å². The number of aryl methyl sites for hydroxylation is 1. The summed E-state index contributed by atoms with van der Waals surface area (Å²) in [6.45, 7) is 8.01. The molecule has 1 N–H and O–H groups in total. The summed E-state index contributed by atoms with van der Waals surface area (Å²) in [5, 5.41) is 3.16. The van der Waals surface area contributed by atoms with Crippen LogP contribution in [0.1, 0.15) is 40.7 Å². The lowest BCUT2D eigenvalue weighted by Gasteiger charge is -2.24. The molecule has 24 heavy (non-hydrogen) atoms. The third kappa shape index (κ3) is 4.79. The van der Waals surface area contributed by atoms with Crippen LogP contribution in [0, 0.1) is 6.92 Å².